The molecule has 1 unspecified atom stereocenters. The maximum Gasteiger partial charge on any atom is 0.272 e. The average molecular weight is 380 g/mol. The number of benzene rings is 1. The highest BCUT2D eigenvalue weighted by atomic mass is 19.3. The Morgan fingerprint density at radius 3 is 2.78 bits per heavy atom. The quantitative estimate of drug-likeness (QED) is 0.639. The van der Waals surface area contributed by atoms with Gasteiger partial charge in [-0.05, 0) is 24.1 Å². The predicted octanol–water partition coefficient (Wildman–Crippen LogP) is 1.62. The van der Waals surface area contributed by atoms with E-state index in [2.05, 4.69) is 20.9 Å². The van der Waals surface area contributed by atoms with Crippen molar-refractivity contribution in [2.75, 3.05) is 6.61 Å². The molecule has 0 spiro atoms. The first kappa shape index (κ1) is 20.3. The summed E-state index contributed by atoms with van der Waals surface area (Å²) in [5, 5.41) is 8.14. The van der Waals surface area contributed by atoms with Crippen LogP contribution in [0.25, 0.3) is 0 Å². The lowest BCUT2D eigenvalue weighted by Crippen LogP contribution is -2.67. The molecule has 1 aromatic rings. The minimum Gasteiger partial charge on any atom is -0.487 e. The molecule has 2 rings (SSSR count). The van der Waals surface area contributed by atoms with E-state index in [0.717, 1.165) is 0 Å². The Labute approximate surface area is 155 Å². The van der Waals surface area contributed by atoms with Crippen LogP contribution >= 0.6 is 0 Å². The van der Waals surface area contributed by atoms with Crippen LogP contribution in [0.5, 0.6) is 5.75 Å². The van der Waals surface area contributed by atoms with E-state index in [4.69, 9.17) is 4.74 Å². The summed E-state index contributed by atoms with van der Waals surface area (Å²) < 4.78 is 29.8. The first-order valence-electron chi connectivity index (χ1n) is 8.43. The zero-order valence-electron chi connectivity index (χ0n) is 15.1. The fourth-order valence-corrected chi connectivity index (χ4v) is 2.44. The van der Waals surface area contributed by atoms with E-state index < -0.39 is 24.6 Å². The number of ether oxygens (including phenoxy) is 1. The second-order valence-electron chi connectivity index (χ2n) is 5.87. The number of alkyl halides is 2. The van der Waals surface area contributed by atoms with Crippen LogP contribution in [-0.2, 0) is 16.1 Å². The molecule has 7 nitrogen and oxygen atoms in total. The highest BCUT2D eigenvalue weighted by molar-refractivity contribution is 6.06. The molecular formula is C18H22F2N4O3. The fraction of sp³-hybridized carbons (Fsp3) is 0.389. The molecule has 0 aromatic heterocycles. The van der Waals surface area contributed by atoms with Crippen molar-refractivity contribution in [3.63, 3.8) is 0 Å². The molecular weight excluding hydrogens is 358 g/mol. The van der Waals surface area contributed by atoms with E-state index in [1.54, 1.807) is 32.0 Å². The number of rotatable bonds is 8. The number of nitrogens with zero attached hydrogens (tertiary/aromatic N) is 1. The number of amides is 2. The zero-order valence-corrected chi connectivity index (χ0v) is 15.1. The van der Waals surface area contributed by atoms with Gasteiger partial charge in [-0.15, -0.1) is 0 Å². The van der Waals surface area contributed by atoms with Gasteiger partial charge in [0, 0.05) is 25.4 Å². The van der Waals surface area contributed by atoms with Gasteiger partial charge >= 0.3 is 0 Å². The molecule has 0 saturated carbocycles. The summed E-state index contributed by atoms with van der Waals surface area (Å²) in [7, 11) is 0. The van der Waals surface area contributed by atoms with Gasteiger partial charge in [0.15, 0.2) is 0 Å². The van der Waals surface area contributed by atoms with Crippen LogP contribution in [0.4, 0.5) is 8.78 Å². The van der Waals surface area contributed by atoms with E-state index in [1.165, 1.54) is 18.6 Å². The molecule has 1 aliphatic rings. The van der Waals surface area contributed by atoms with Crippen LogP contribution < -0.4 is 20.7 Å². The highest BCUT2D eigenvalue weighted by Crippen LogP contribution is 2.22. The number of aliphatic imine (C=N–C) groups is 1. The summed E-state index contributed by atoms with van der Waals surface area (Å²) >= 11 is 0. The molecule has 27 heavy (non-hydrogen) atoms. The van der Waals surface area contributed by atoms with Crippen molar-refractivity contribution < 1.29 is 23.1 Å². The number of carbonyl (C=O) groups excluding carboxylic acids is 2. The molecule has 146 valence electrons. The smallest absolute Gasteiger partial charge is 0.272 e. The predicted molar refractivity (Wildman–Crippen MR) is 96.5 cm³/mol. The molecule has 2 amide bonds. The third-order valence-electron chi connectivity index (χ3n) is 3.96. The van der Waals surface area contributed by atoms with Gasteiger partial charge in [-0.2, -0.15) is 0 Å². The number of nitrogens with one attached hydrogen (secondary N) is 3. The Bertz CT molecular complexity index is 752. The van der Waals surface area contributed by atoms with Crippen LogP contribution in [-0.4, -0.2) is 36.7 Å². The fourth-order valence-electron chi connectivity index (χ4n) is 2.44. The molecule has 3 N–H and O–H groups in total. The Morgan fingerprint density at radius 2 is 2.15 bits per heavy atom. The Morgan fingerprint density at radius 1 is 1.37 bits per heavy atom. The second-order valence-corrected chi connectivity index (χ2v) is 5.87. The largest absolute Gasteiger partial charge is 0.487 e. The van der Waals surface area contributed by atoms with Gasteiger partial charge in [0.2, 0.25) is 11.6 Å². The molecule has 9 heteroatoms. The molecule has 0 fully saturated rings. The third-order valence-corrected chi connectivity index (χ3v) is 3.96. The SMILES string of the molecule is CCC(=O)NC1(C(=O)NCc2cccc(OCC(F)F)c2C)C=NC=CN1. The number of hydrogen-bond acceptors (Lipinski definition) is 5. The normalized spacial score (nSPS) is 18.1. The molecule has 0 radical (unpaired) electrons. The Balaban J connectivity index is 2.09. The number of hydrogen-bond donors (Lipinski definition) is 3. The van der Waals surface area contributed by atoms with Crippen LogP contribution in [0.2, 0.25) is 0 Å². The molecule has 0 saturated heterocycles. The summed E-state index contributed by atoms with van der Waals surface area (Å²) in [5.41, 5.74) is -0.134. The maximum atomic E-state index is 12.7. The highest BCUT2D eigenvalue weighted by Gasteiger charge is 2.38. The van der Waals surface area contributed by atoms with Gasteiger partial charge in [-0.3, -0.25) is 14.6 Å². The Kier molecular flexibility index (Phi) is 6.86. The van der Waals surface area contributed by atoms with E-state index in [-0.39, 0.29) is 18.9 Å². The van der Waals surface area contributed by atoms with Crippen molar-refractivity contribution in [2.24, 2.45) is 4.99 Å². The van der Waals surface area contributed by atoms with Crippen molar-refractivity contribution in [2.45, 2.75) is 38.9 Å². The van der Waals surface area contributed by atoms with E-state index in [1.807, 2.05) is 0 Å². The summed E-state index contributed by atoms with van der Waals surface area (Å²) in [6.07, 6.45) is 1.86. The summed E-state index contributed by atoms with van der Waals surface area (Å²) in [6, 6.07) is 5.00. The van der Waals surface area contributed by atoms with Crippen LogP contribution in [0.1, 0.15) is 24.5 Å². The molecule has 1 atom stereocenters. The minimum atomic E-state index is -2.57. The van der Waals surface area contributed by atoms with Gasteiger partial charge in [0.1, 0.15) is 12.4 Å². The van der Waals surface area contributed by atoms with Crippen molar-refractivity contribution in [3.8, 4) is 5.75 Å². The van der Waals surface area contributed by atoms with Gasteiger partial charge in [0.05, 0.1) is 6.21 Å². The zero-order chi connectivity index (χ0) is 19.9. The lowest BCUT2D eigenvalue weighted by Gasteiger charge is -2.31. The molecule has 1 heterocycles. The van der Waals surface area contributed by atoms with E-state index in [0.29, 0.717) is 16.9 Å². The molecule has 0 bridgehead atoms. The van der Waals surface area contributed by atoms with Crippen LogP contribution in [0.15, 0.2) is 35.6 Å². The second kappa shape index (κ2) is 9.11. The van der Waals surface area contributed by atoms with Gasteiger partial charge in [-0.25, -0.2) is 8.78 Å². The van der Waals surface area contributed by atoms with Crippen molar-refractivity contribution >= 4 is 18.0 Å². The summed E-state index contributed by atoms with van der Waals surface area (Å²) in [6.45, 7) is 2.82. The monoisotopic (exact) mass is 380 g/mol. The van der Waals surface area contributed by atoms with Crippen molar-refractivity contribution in [3.05, 3.63) is 41.7 Å². The van der Waals surface area contributed by atoms with Crippen molar-refractivity contribution in [1.82, 2.24) is 16.0 Å². The van der Waals surface area contributed by atoms with Gasteiger partial charge < -0.3 is 20.7 Å². The minimum absolute atomic E-state index is 0.125. The summed E-state index contributed by atoms with van der Waals surface area (Å²) in [5.74, 6) is -0.495. The number of carbonyl (C=O) groups is 2. The van der Waals surface area contributed by atoms with Crippen LogP contribution in [0.3, 0.4) is 0 Å². The molecule has 1 aromatic carbocycles. The molecule has 1 aliphatic heterocycles. The first-order chi connectivity index (χ1) is 12.9. The van der Waals surface area contributed by atoms with Crippen molar-refractivity contribution in [1.29, 1.82) is 0 Å². The van der Waals surface area contributed by atoms with E-state index in [9.17, 15) is 18.4 Å². The Hall–Kier alpha value is -2.97. The average Bonchev–Trinajstić information content (AvgIpc) is 2.66. The van der Waals surface area contributed by atoms with Gasteiger partial charge in [0.25, 0.3) is 12.3 Å². The van der Waals surface area contributed by atoms with Crippen LogP contribution in [0, 0.1) is 6.92 Å². The van der Waals surface area contributed by atoms with E-state index >= 15 is 0 Å². The lowest BCUT2D eigenvalue weighted by atomic mass is 10.1. The lowest BCUT2D eigenvalue weighted by molar-refractivity contribution is -0.131. The third kappa shape index (κ3) is 5.25. The number of halogens is 2. The molecule has 0 aliphatic carbocycles. The maximum absolute atomic E-state index is 12.7. The first-order valence-corrected chi connectivity index (χ1v) is 8.43. The topological polar surface area (TPSA) is 91.8 Å². The van der Waals surface area contributed by atoms with Gasteiger partial charge in [-0.1, -0.05) is 19.1 Å². The summed E-state index contributed by atoms with van der Waals surface area (Å²) in [4.78, 5) is 28.4. The standard InChI is InChI=1S/C18H22F2N4O3/c1-3-16(25)24-18(11-21-7-8-23-18)17(26)22-9-13-5-4-6-14(12(13)2)27-10-15(19)20/h4-8,11,15,23H,3,9-10H2,1-2H3,(H,22,26)(H,24,25).